The predicted molar refractivity (Wildman–Crippen MR) is 103 cm³/mol. The maximum atomic E-state index is 12.5. The molecule has 1 atom stereocenters. The fraction of sp³-hybridized carbons (Fsp3) is 0.500. The van der Waals surface area contributed by atoms with Gasteiger partial charge in [-0.25, -0.2) is 4.79 Å². The van der Waals surface area contributed by atoms with E-state index >= 15 is 0 Å². The van der Waals surface area contributed by atoms with Gasteiger partial charge in [-0.05, 0) is 18.6 Å². The number of carboxylic acids is 1. The number of carbonyl (C=O) groups excluding carboxylic acids is 1. The zero-order valence-electron chi connectivity index (χ0n) is 17.3. The van der Waals surface area contributed by atoms with Gasteiger partial charge in [-0.1, -0.05) is 6.07 Å². The van der Waals surface area contributed by atoms with Crippen molar-refractivity contribution in [1.82, 2.24) is 19.7 Å². The van der Waals surface area contributed by atoms with E-state index in [-0.39, 0.29) is 11.5 Å². The topological polar surface area (TPSA) is 107 Å². The molecule has 174 valence electrons. The number of hydrogen-bond acceptors (Lipinski definition) is 6. The lowest BCUT2D eigenvalue weighted by atomic mass is 9.81. The summed E-state index contributed by atoms with van der Waals surface area (Å²) in [5.41, 5.74) is 1.30. The number of hydrogen-bond donors (Lipinski definition) is 1. The van der Waals surface area contributed by atoms with Gasteiger partial charge in [0.1, 0.15) is 5.60 Å². The number of amides is 1. The second kappa shape index (κ2) is 9.65. The molecule has 2 aliphatic heterocycles. The molecular formula is C20H23F3N4O5. The Morgan fingerprint density at radius 2 is 2.06 bits per heavy atom. The number of carbonyl (C=O) groups is 2. The Hall–Kier alpha value is -2.99. The Labute approximate surface area is 181 Å². The Balaban J connectivity index is 0.000000360. The molecule has 0 aromatic carbocycles. The summed E-state index contributed by atoms with van der Waals surface area (Å²) in [6.07, 6.45) is 1.01. The van der Waals surface area contributed by atoms with E-state index in [1.165, 1.54) is 0 Å². The molecular weight excluding hydrogens is 433 g/mol. The molecule has 1 spiro atoms. The summed E-state index contributed by atoms with van der Waals surface area (Å²) >= 11 is 0. The zero-order chi connectivity index (χ0) is 23.4. The molecule has 2 aliphatic rings. The van der Waals surface area contributed by atoms with Crippen LogP contribution in [-0.4, -0.2) is 74.7 Å². The monoisotopic (exact) mass is 456 g/mol. The number of aryl methyl sites for hydroxylation is 1. The van der Waals surface area contributed by atoms with Crippen molar-refractivity contribution in [3.63, 3.8) is 0 Å². The van der Waals surface area contributed by atoms with Gasteiger partial charge in [0.25, 0.3) is 5.91 Å². The van der Waals surface area contributed by atoms with Crippen molar-refractivity contribution < 1.29 is 37.3 Å². The van der Waals surface area contributed by atoms with Gasteiger partial charge in [0, 0.05) is 32.0 Å². The second-order valence-electron chi connectivity index (χ2n) is 7.60. The molecule has 0 radical (unpaired) electrons. The standard InChI is InChI=1S/C18H22N4O3.C2HF3O2/c1-21-9-14(8-20-21)17(23)22-12-18(13-22)15(5-7-25-18)10-24-11-16-4-2-3-6-19-16;3-2(4,5)1(6)7/h2-4,6,8-9,15H,5,7,10-13H2,1H3;(H,6,7). The zero-order valence-corrected chi connectivity index (χ0v) is 17.3. The number of aliphatic carboxylic acids is 1. The normalized spacial score (nSPS) is 19.2. The molecule has 1 unspecified atom stereocenters. The minimum Gasteiger partial charge on any atom is -0.475 e. The molecule has 0 bridgehead atoms. The number of carboxylic acid groups (broad SMARTS) is 1. The second-order valence-corrected chi connectivity index (χ2v) is 7.60. The van der Waals surface area contributed by atoms with Crippen LogP contribution in [0.3, 0.4) is 0 Å². The molecule has 0 aliphatic carbocycles. The lowest BCUT2D eigenvalue weighted by Crippen LogP contribution is -2.66. The van der Waals surface area contributed by atoms with Crippen LogP contribution < -0.4 is 0 Å². The van der Waals surface area contributed by atoms with Gasteiger partial charge in [0.05, 0.1) is 43.8 Å². The first-order valence-corrected chi connectivity index (χ1v) is 9.80. The Bertz CT molecular complexity index is 929. The number of halogens is 3. The van der Waals surface area contributed by atoms with E-state index in [2.05, 4.69) is 10.1 Å². The summed E-state index contributed by atoms with van der Waals surface area (Å²) in [4.78, 5) is 27.5. The number of aromatic nitrogens is 3. The van der Waals surface area contributed by atoms with Gasteiger partial charge < -0.3 is 19.5 Å². The van der Waals surface area contributed by atoms with Crippen LogP contribution in [0.4, 0.5) is 13.2 Å². The van der Waals surface area contributed by atoms with E-state index in [0.717, 1.165) is 18.7 Å². The SMILES string of the molecule is Cn1cc(C(=O)N2CC3(C2)OCCC3COCc2ccccn2)cn1.O=C(O)C(F)(F)F. The van der Waals surface area contributed by atoms with Gasteiger partial charge in [-0.2, -0.15) is 18.3 Å². The smallest absolute Gasteiger partial charge is 0.475 e. The third-order valence-electron chi connectivity index (χ3n) is 5.29. The van der Waals surface area contributed by atoms with Crippen molar-refractivity contribution in [2.45, 2.75) is 24.8 Å². The molecule has 1 amide bonds. The van der Waals surface area contributed by atoms with Crippen LogP contribution in [0, 0.1) is 5.92 Å². The Morgan fingerprint density at radius 3 is 2.62 bits per heavy atom. The number of alkyl halides is 3. The molecule has 32 heavy (non-hydrogen) atoms. The quantitative estimate of drug-likeness (QED) is 0.732. The number of nitrogens with zero attached hydrogens (tertiary/aromatic N) is 4. The largest absolute Gasteiger partial charge is 0.490 e. The summed E-state index contributed by atoms with van der Waals surface area (Å²) < 4.78 is 45.2. The van der Waals surface area contributed by atoms with E-state index in [9.17, 15) is 18.0 Å². The summed E-state index contributed by atoms with van der Waals surface area (Å²) in [5.74, 6) is -2.43. The summed E-state index contributed by atoms with van der Waals surface area (Å²) in [7, 11) is 1.81. The Kier molecular flexibility index (Phi) is 7.14. The average Bonchev–Trinajstić information content (AvgIpc) is 3.33. The van der Waals surface area contributed by atoms with E-state index in [1.54, 1.807) is 23.3 Å². The molecule has 4 rings (SSSR count). The van der Waals surface area contributed by atoms with Crippen LogP contribution in [0.2, 0.25) is 0 Å². The molecule has 2 aromatic heterocycles. The van der Waals surface area contributed by atoms with Gasteiger partial charge >= 0.3 is 12.1 Å². The van der Waals surface area contributed by atoms with Crippen LogP contribution in [0.25, 0.3) is 0 Å². The van der Waals surface area contributed by atoms with Crippen molar-refractivity contribution in [3.05, 3.63) is 48.0 Å². The Morgan fingerprint density at radius 1 is 1.34 bits per heavy atom. The number of pyridine rings is 1. The first-order valence-electron chi connectivity index (χ1n) is 9.80. The molecule has 12 heteroatoms. The average molecular weight is 456 g/mol. The van der Waals surface area contributed by atoms with E-state index in [1.807, 2.05) is 30.1 Å². The molecule has 2 fully saturated rings. The van der Waals surface area contributed by atoms with Crippen molar-refractivity contribution in [2.24, 2.45) is 13.0 Å². The van der Waals surface area contributed by atoms with Crippen molar-refractivity contribution >= 4 is 11.9 Å². The maximum Gasteiger partial charge on any atom is 0.490 e. The van der Waals surface area contributed by atoms with Gasteiger partial charge in [0.2, 0.25) is 0 Å². The van der Waals surface area contributed by atoms with Crippen LogP contribution in [-0.2, 0) is 27.9 Å². The highest BCUT2D eigenvalue weighted by molar-refractivity contribution is 5.94. The highest BCUT2D eigenvalue weighted by atomic mass is 19.4. The third-order valence-corrected chi connectivity index (χ3v) is 5.29. The van der Waals surface area contributed by atoms with Gasteiger partial charge in [0.15, 0.2) is 0 Å². The number of likely N-dealkylation sites (tertiary alicyclic amines) is 1. The van der Waals surface area contributed by atoms with Crippen molar-refractivity contribution in [2.75, 3.05) is 26.3 Å². The first-order chi connectivity index (χ1) is 15.1. The summed E-state index contributed by atoms with van der Waals surface area (Å²) in [6.45, 7) is 3.11. The predicted octanol–water partition coefficient (Wildman–Crippen LogP) is 1.90. The van der Waals surface area contributed by atoms with Crippen LogP contribution in [0.5, 0.6) is 0 Å². The third kappa shape index (κ3) is 5.62. The van der Waals surface area contributed by atoms with E-state index < -0.39 is 12.1 Å². The van der Waals surface area contributed by atoms with Crippen molar-refractivity contribution in [3.8, 4) is 0 Å². The number of ether oxygens (including phenoxy) is 2. The highest BCUT2D eigenvalue weighted by Gasteiger charge is 2.54. The highest BCUT2D eigenvalue weighted by Crippen LogP contribution is 2.40. The lowest BCUT2D eigenvalue weighted by Gasteiger charge is -2.50. The summed E-state index contributed by atoms with van der Waals surface area (Å²) in [6, 6.07) is 5.81. The van der Waals surface area contributed by atoms with E-state index in [0.29, 0.717) is 37.8 Å². The lowest BCUT2D eigenvalue weighted by molar-refractivity contribution is -0.192. The number of rotatable bonds is 5. The van der Waals surface area contributed by atoms with Gasteiger partial charge in [-0.3, -0.25) is 14.5 Å². The molecule has 1 N–H and O–H groups in total. The van der Waals surface area contributed by atoms with Crippen LogP contribution in [0.15, 0.2) is 36.8 Å². The van der Waals surface area contributed by atoms with Gasteiger partial charge in [-0.15, -0.1) is 0 Å². The molecule has 4 heterocycles. The van der Waals surface area contributed by atoms with Crippen molar-refractivity contribution in [1.29, 1.82) is 0 Å². The summed E-state index contributed by atoms with van der Waals surface area (Å²) in [5, 5.41) is 11.2. The minimum absolute atomic E-state index is 0.0161. The van der Waals surface area contributed by atoms with Crippen LogP contribution >= 0.6 is 0 Å². The molecule has 0 saturated carbocycles. The fourth-order valence-electron chi connectivity index (χ4n) is 3.62. The molecule has 9 nitrogen and oxygen atoms in total. The fourth-order valence-corrected chi connectivity index (χ4v) is 3.62. The van der Waals surface area contributed by atoms with Crippen LogP contribution in [0.1, 0.15) is 22.5 Å². The maximum absolute atomic E-state index is 12.5. The minimum atomic E-state index is -5.08. The first kappa shape index (κ1) is 23.7. The van der Waals surface area contributed by atoms with E-state index in [4.69, 9.17) is 19.4 Å². The molecule has 2 aromatic rings. The molecule has 2 saturated heterocycles.